The maximum absolute atomic E-state index is 13.8. The molecular weight excluding hydrogens is 546 g/mol. The first-order chi connectivity index (χ1) is 19.8. The number of hydrogen-bond acceptors (Lipinski definition) is 12. The molecule has 0 spiro atoms. The van der Waals surface area contributed by atoms with Crippen molar-refractivity contribution in [2.75, 3.05) is 55.6 Å². The van der Waals surface area contributed by atoms with E-state index in [-0.39, 0.29) is 72.3 Å². The summed E-state index contributed by atoms with van der Waals surface area (Å²) < 4.78 is 47.5. The number of aromatic carboxylic acids is 1. The van der Waals surface area contributed by atoms with Crippen LogP contribution in [0.15, 0.2) is 44.5 Å². The van der Waals surface area contributed by atoms with Crippen molar-refractivity contribution in [2.45, 2.75) is 0 Å². The van der Waals surface area contributed by atoms with Crippen molar-refractivity contribution in [3.63, 3.8) is 0 Å². The fourth-order valence-electron chi connectivity index (χ4n) is 4.01. The molecule has 2 N–H and O–H groups in total. The van der Waals surface area contributed by atoms with Crippen LogP contribution in [0.3, 0.4) is 0 Å². The second-order valence-electron chi connectivity index (χ2n) is 8.34. The summed E-state index contributed by atoms with van der Waals surface area (Å²) in [5.41, 5.74) is -1.96. The molecular formula is C27H27NO13. The van der Waals surface area contributed by atoms with E-state index in [1.165, 1.54) is 46.6 Å². The van der Waals surface area contributed by atoms with Gasteiger partial charge in [0.25, 0.3) is 5.56 Å². The zero-order chi connectivity index (χ0) is 29.5. The zero-order valence-electron chi connectivity index (χ0n) is 22.6. The SMILES string of the molecule is COCOc1cc2cc(-c3coc4cc(OCOC)c(OCOC)c(C(=O)O)c4c3=O)c(=O)[nH]c2cc1OCOC. The van der Waals surface area contributed by atoms with Crippen LogP contribution in [0.25, 0.3) is 33.0 Å². The number of fused-ring (bicyclic) bond motifs is 2. The number of aromatic amines is 1. The van der Waals surface area contributed by atoms with Crippen LogP contribution in [0.4, 0.5) is 0 Å². The van der Waals surface area contributed by atoms with Crippen LogP contribution < -0.4 is 29.9 Å². The normalized spacial score (nSPS) is 11.1. The number of methoxy groups -OCH3 is 4. The van der Waals surface area contributed by atoms with Gasteiger partial charge in [-0.05, 0) is 12.1 Å². The van der Waals surface area contributed by atoms with E-state index in [2.05, 4.69) is 4.98 Å². The molecule has 4 rings (SSSR count). The van der Waals surface area contributed by atoms with Gasteiger partial charge >= 0.3 is 5.97 Å². The van der Waals surface area contributed by atoms with E-state index in [0.717, 1.165) is 6.26 Å². The van der Waals surface area contributed by atoms with Gasteiger partial charge in [0.2, 0.25) is 5.43 Å². The predicted molar refractivity (Wildman–Crippen MR) is 143 cm³/mol. The highest BCUT2D eigenvalue weighted by Crippen LogP contribution is 2.38. The summed E-state index contributed by atoms with van der Waals surface area (Å²) in [7, 11) is 5.63. The Morgan fingerprint density at radius 1 is 0.780 bits per heavy atom. The lowest BCUT2D eigenvalue weighted by atomic mass is 10.0. The topological polar surface area (TPSA) is 174 Å². The van der Waals surface area contributed by atoms with Crippen LogP contribution >= 0.6 is 0 Å². The summed E-state index contributed by atoms with van der Waals surface area (Å²) >= 11 is 0. The molecule has 0 fully saturated rings. The van der Waals surface area contributed by atoms with E-state index in [1.807, 2.05) is 0 Å². The molecule has 4 aromatic rings. The third kappa shape index (κ3) is 6.10. The maximum atomic E-state index is 13.8. The van der Waals surface area contributed by atoms with Gasteiger partial charge in [-0.25, -0.2) is 4.79 Å². The minimum Gasteiger partial charge on any atom is -0.478 e. The Labute approximate surface area is 231 Å². The first kappa shape index (κ1) is 29.4. The minimum absolute atomic E-state index is 0.0525. The number of carboxylic acid groups (broad SMARTS) is 1. The summed E-state index contributed by atoms with van der Waals surface area (Å²) in [6, 6.07) is 5.87. The number of carboxylic acids is 1. The molecule has 0 aliphatic rings. The fourth-order valence-corrected chi connectivity index (χ4v) is 4.01. The van der Waals surface area contributed by atoms with Crippen molar-refractivity contribution in [3.8, 4) is 34.1 Å². The van der Waals surface area contributed by atoms with Crippen molar-refractivity contribution in [1.29, 1.82) is 0 Å². The monoisotopic (exact) mass is 573 g/mol. The number of ether oxygens (including phenoxy) is 8. The number of rotatable bonds is 14. The first-order valence-electron chi connectivity index (χ1n) is 11.9. The molecule has 0 unspecified atom stereocenters. The Morgan fingerprint density at radius 2 is 1.37 bits per heavy atom. The average Bonchev–Trinajstić information content (AvgIpc) is 2.96. The van der Waals surface area contributed by atoms with Gasteiger partial charge in [0.05, 0.1) is 22.0 Å². The van der Waals surface area contributed by atoms with Crippen molar-refractivity contribution >= 4 is 27.8 Å². The molecule has 0 saturated heterocycles. The third-order valence-corrected chi connectivity index (χ3v) is 5.72. The van der Waals surface area contributed by atoms with Crippen LogP contribution in [0, 0.1) is 0 Å². The largest absolute Gasteiger partial charge is 0.478 e. The number of pyridine rings is 1. The van der Waals surface area contributed by atoms with E-state index in [1.54, 1.807) is 6.07 Å². The summed E-state index contributed by atoms with van der Waals surface area (Å²) in [5, 5.41) is 10.2. The molecule has 14 heteroatoms. The van der Waals surface area contributed by atoms with Gasteiger partial charge < -0.3 is 52.4 Å². The number of H-pyrrole nitrogens is 1. The number of carbonyl (C=O) groups is 1. The molecule has 0 amide bonds. The summed E-state index contributed by atoms with van der Waals surface area (Å²) in [6.45, 7) is -0.735. The van der Waals surface area contributed by atoms with Crippen molar-refractivity contribution < 1.29 is 52.2 Å². The predicted octanol–water partition coefficient (Wildman–Crippen LogP) is 2.93. The number of hydrogen-bond donors (Lipinski definition) is 2. The molecule has 2 aromatic carbocycles. The van der Waals surface area contributed by atoms with E-state index < -0.39 is 22.5 Å². The molecule has 0 radical (unpaired) electrons. The van der Waals surface area contributed by atoms with E-state index in [9.17, 15) is 19.5 Å². The molecule has 0 aliphatic heterocycles. The fraction of sp³-hybridized carbons (Fsp3) is 0.296. The van der Waals surface area contributed by atoms with Crippen LogP contribution in [-0.2, 0) is 18.9 Å². The Morgan fingerprint density at radius 3 is 1.98 bits per heavy atom. The van der Waals surface area contributed by atoms with Gasteiger partial charge in [-0.1, -0.05) is 0 Å². The first-order valence-corrected chi connectivity index (χ1v) is 11.9. The Bertz CT molecular complexity index is 1670. The van der Waals surface area contributed by atoms with Gasteiger partial charge in [-0.3, -0.25) is 9.59 Å². The van der Waals surface area contributed by atoms with Crippen LogP contribution in [0.2, 0.25) is 0 Å². The van der Waals surface area contributed by atoms with Crippen molar-refractivity contribution in [3.05, 3.63) is 56.7 Å². The van der Waals surface area contributed by atoms with Crippen molar-refractivity contribution in [1.82, 2.24) is 4.98 Å². The number of benzene rings is 2. The summed E-state index contributed by atoms with van der Waals surface area (Å²) in [5.74, 6) is -1.25. The van der Waals surface area contributed by atoms with Gasteiger partial charge in [0.15, 0.2) is 50.2 Å². The maximum Gasteiger partial charge on any atom is 0.340 e. The number of nitrogens with one attached hydrogen (secondary N) is 1. The molecule has 14 nitrogen and oxygen atoms in total. The van der Waals surface area contributed by atoms with Crippen LogP contribution in [0.1, 0.15) is 10.4 Å². The zero-order valence-corrected chi connectivity index (χ0v) is 22.6. The quantitative estimate of drug-likeness (QED) is 0.211. The lowest BCUT2D eigenvalue weighted by Gasteiger charge is -2.16. The number of aromatic nitrogens is 1. The standard InChI is InChI=1S/C27H27NO13/c1-33-10-38-18-6-14-5-15(26(30)28-17(14)7-19(18)39-11-34-2)16-9-37-20-8-21(40-12-35-3)25(41-13-36-4)23(27(31)32)22(20)24(16)29/h5-9H,10-13H2,1-4H3,(H,28,30)(H,31,32). The van der Waals surface area contributed by atoms with Gasteiger partial charge in [0, 0.05) is 46.0 Å². The van der Waals surface area contributed by atoms with Crippen LogP contribution in [-0.4, -0.2) is 71.7 Å². The lowest BCUT2D eigenvalue weighted by Crippen LogP contribution is -2.18. The Balaban J connectivity index is 1.94. The molecule has 2 aromatic heterocycles. The smallest absolute Gasteiger partial charge is 0.340 e. The Kier molecular flexibility index (Phi) is 9.41. The van der Waals surface area contributed by atoms with Gasteiger partial charge in [-0.2, -0.15) is 0 Å². The molecule has 2 heterocycles. The van der Waals surface area contributed by atoms with Gasteiger partial charge in [-0.15, -0.1) is 0 Å². The lowest BCUT2D eigenvalue weighted by molar-refractivity contribution is 0.0310. The van der Waals surface area contributed by atoms with E-state index in [0.29, 0.717) is 10.9 Å². The molecule has 0 aliphatic carbocycles. The van der Waals surface area contributed by atoms with Crippen LogP contribution in [0.5, 0.6) is 23.0 Å². The highest BCUT2D eigenvalue weighted by molar-refractivity contribution is 6.07. The van der Waals surface area contributed by atoms with Crippen molar-refractivity contribution in [2.24, 2.45) is 0 Å². The van der Waals surface area contributed by atoms with E-state index >= 15 is 0 Å². The summed E-state index contributed by atoms with van der Waals surface area (Å²) in [4.78, 5) is 42.0. The highest BCUT2D eigenvalue weighted by Gasteiger charge is 2.27. The minimum atomic E-state index is -1.50. The summed E-state index contributed by atoms with van der Waals surface area (Å²) in [6.07, 6.45) is 1.07. The third-order valence-electron chi connectivity index (χ3n) is 5.72. The molecule has 218 valence electrons. The second kappa shape index (κ2) is 13.1. The molecule has 0 bridgehead atoms. The van der Waals surface area contributed by atoms with E-state index in [4.69, 9.17) is 42.3 Å². The Hall–Kier alpha value is -4.63. The second-order valence-corrected chi connectivity index (χ2v) is 8.34. The molecule has 0 saturated carbocycles. The average molecular weight is 574 g/mol. The molecule has 0 atom stereocenters. The highest BCUT2D eigenvalue weighted by atomic mass is 16.7. The molecule has 41 heavy (non-hydrogen) atoms. The van der Waals surface area contributed by atoms with Gasteiger partial charge in [0.1, 0.15) is 17.4 Å².